The van der Waals surface area contributed by atoms with Crippen LogP contribution in [0.25, 0.3) is 0 Å². The molecule has 1 saturated heterocycles. The Morgan fingerprint density at radius 3 is 2.26 bits per heavy atom. The molecule has 1 aliphatic heterocycles. The van der Waals surface area contributed by atoms with Gasteiger partial charge in [0.25, 0.3) is 0 Å². The second-order valence-electron chi connectivity index (χ2n) is 6.10. The SMILES string of the molecule is Cl.Cl.Oc1cc(F)cc(F)c1[C@H](C1CCCC1)N1CCNCC1. The summed E-state index contributed by atoms with van der Waals surface area (Å²) in [6, 6.07) is 1.78. The highest BCUT2D eigenvalue weighted by molar-refractivity contribution is 5.85. The zero-order chi connectivity index (χ0) is 14.8. The molecule has 7 heteroatoms. The summed E-state index contributed by atoms with van der Waals surface area (Å²) in [7, 11) is 0. The van der Waals surface area contributed by atoms with Gasteiger partial charge in [-0.25, -0.2) is 8.78 Å². The molecule has 0 unspecified atom stereocenters. The summed E-state index contributed by atoms with van der Waals surface area (Å²) < 4.78 is 27.6. The van der Waals surface area contributed by atoms with Crippen molar-refractivity contribution in [1.82, 2.24) is 10.2 Å². The molecule has 3 rings (SSSR count). The highest BCUT2D eigenvalue weighted by Crippen LogP contribution is 2.43. The molecule has 1 aromatic rings. The van der Waals surface area contributed by atoms with Crippen LogP contribution in [0.2, 0.25) is 0 Å². The molecule has 1 aromatic carbocycles. The second-order valence-corrected chi connectivity index (χ2v) is 6.10. The first-order chi connectivity index (χ1) is 10.2. The monoisotopic (exact) mass is 368 g/mol. The number of halogens is 4. The number of aromatic hydroxyl groups is 1. The quantitative estimate of drug-likeness (QED) is 0.854. The van der Waals surface area contributed by atoms with Crippen molar-refractivity contribution in [2.75, 3.05) is 26.2 Å². The maximum Gasteiger partial charge on any atom is 0.134 e. The summed E-state index contributed by atoms with van der Waals surface area (Å²) in [5.41, 5.74) is 0.283. The highest BCUT2D eigenvalue weighted by Gasteiger charge is 2.35. The first-order valence-corrected chi connectivity index (χ1v) is 7.79. The lowest BCUT2D eigenvalue weighted by atomic mass is 9.88. The van der Waals surface area contributed by atoms with E-state index in [1.54, 1.807) is 0 Å². The van der Waals surface area contributed by atoms with E-state index in [0.29, 0.717) is 5.92 Å². The maximum atomic E-state index is 14.3. The molecule has 132 valence electrons. The van der Waals surface area contributed by atoms with Gasteiger partial charge in [0.1, 0.15) is 17.4 Å². The number of piperazine rings is 1. The van der Waals surface area contributed by atoms with Crippen LogP contribution in [0.4, 0.5) is 8.78 Å². The molecule has 2 aliphatic rings. The molecular formula is C16H24Cl2F2N2O. The highest BCUT2D eigenvalue weighted by atomic mass is 35.5. The molecule has 0 radical (unpaired) electrons. The van der Waals surface area contributed by atoms with Crippen LogP contribution in [0.5, 0.6) is 5.75 Å². The van der Waals surface area contributed by atoms with E-state index in [1.165, 1.54) is 0 Å². The van der Waals surface area contributed by atoms with Gasteiger partial charge >= 0.3 is 0 Å². The van der Waals surface area contributed by atoms with Gasteiger partial charge in [0, 0.05) is 49.9 Å². The average molecular weight is 369 g/mol. The molecular weight excluding hydrogens is 345 g/mol. The Kier molecular flexibility index (Phi) is 8.01. The number of benzene rings is 1. The summed E-state index contributed by atoms with van der Waals surface area (Å²) in [6.45, 7) is 3.40. The van der Waals surface area contributed by atoms with Gasteiger partial charge in [-0.1, -0.05) is 12.8 Å². The van der Waals surface area contributed by atoms with Gasteiger partial charge in [0.15, 0.2) is 0 Å². The minimum Gasteiger partial charge on any atom is -0.507 e. The van der Waals surface area contributed by atoms with E-state index in [0.717, 1.165) is 64.0 Å². The third-order valence-electron chi connectivity index (χ3n) is 4.76. The normalized spacial score (nSPS) is 20.6. The minimum absolute atomic E-state index is 0. The molecule has 23 heavy (non-hydrogen) atoms. The molecule has 1 heterocycles. The summed E-state index contributed by atoms with van der Waals surface area (Å²) in [4.78, 5) is 2.24. The van der Waals surface area contributed by atoms with Crippen LogP contribution >= 0.6 is 24.8 Å². The van der Waals surface area contributed by atoms with Crippen LogP contribution < -0.4 is 5.32 Å². The molecule has 0 bridgehead atoms. The van der Waals surface area contributed by atoms with Crippen molar-refractivity contribution in [3.05, 3.63) is 29.3 Å². The Bertz CT molecular complexity index is 484. The molecule has 3 nitrogen and oxygen atoms in total. The van der Waals surface area contributed by atoms with Gasteiger partial charge in [-0.05, 0) is 18.8 Å². The number of hydrogen-bond acceptors (Lipinski definition) is 3. The molecule has 1 aliphatic carbocycles. The third kappa shape index (κ3) is 4.47. The van der Waals surface area contributed by atoms with Crippen LogP contribution in [-0.4, -0.2) is 36.2 Å². The summed E-state index contributed by atoms with van der Waals surface area (Å²) in [5.74, 6) is -1.25. The Hall–Kier alpha value is -0.620. The van der Waals surface area contributed by atoms with Crippen molar-refractivity contribution in [2.24, 2.45) is 5.92 Å². The fourth-order valence-corrected chi connectivity index (χ4v) is 3.81. The number of phenols is 1. The Morgan fingerprint density at radius 2 is 1.70 bits per heavy atom. The van der Waals surface area contributed by atoms with Gasteiger partial charge in [0.05, 0.1) is 0 Å². The molecule has 2 N–H and O–H groups in total. The standard InChI is InChI=1S/C16H22F2N2O.2ClH/c17-12-9-13(18)15(14(21)10-12)16(11-3-1-2-4-11)20-7-5-19-6-8-20;;/h9-11,16,19,21H,1-8H2;2*1H/t16-;;/m0../s1. The van der Waals surface area contributed by atoms with E-state index in [2.05, 4.69) is 10.2 Å². The Morgan fingerprint density at radius 1 is 1.09 bits per heavy atom. The van der Waals surface area contributed by atoms with Crippen molar-refractivity contribution in [3.8, 4) is 5.75 Å². The van der Waals surface area contributed by atoms with Gasteiger partial charge in [-0.15, -0.1) is 24.8 Å². The summed E-state index contributed by atoms with van der Waals surface area (Å²) in [5, 5.41) is 13.4. The Balaban J connectivity index is 0.00000132. The van der Waals surface area contributed by atoms with E-state index >= 15 is 0 Å². The molecule has 1 atom stereocenters. The van der Waals surface area contributed by atoms with Gasteiger partial charge in [0.2, 0.25) is 0 Å². The molecule has 0 aromatic heterocycles. The fraction of sp³-hybridized carbons (Fsp3) is 0.625. The van der Waals surface area contributed by atoms with Crippen LogP contribution in [0.15, 0.2) is 12.1 Å². The maximum absolute atomic E-state index is 14.3. The fourth-order valence-electron chi connectivity index (χ4n) is 3.81. The van der Waals surface area contributed by atoms with E-state index in [1.807, 2.05) is 0 Å². The van der Waals surface area contributed by atoms with E-state index < -0.39 is 11.6 Å². The van der Waals surface area contributed by atoms with Crippen LogP contribution in [-0.2, 0) is 0 Å². The first kappa shape index (κ1) is 20.4. The van der Waals surface area contributed by atoms with Gasteiger partial charge < -0.3 is 10.4 Å². The lowest BCUT2D eigenvalue weighted by Crippen LogP contribution is -2.47. The van der Waals surface area contributed by atoms with Crippen molar-refractivity contribution in [2.45, 2.75) is 31.7 Å². The van der Waals surface area contributed by atoms with Crippen molar-refractivity contribution < 1.29 is 13.9 Å². The van der Waals surface area contributed by atoms with Crippen LogP contribution in [0, 0.1) is 17.6 Å². The largest absolute Gasteiger partial charge is 0.507 e. The predicted octanol–water partition coefficient (Wildman–Crippen LogP) is 3.65. The molecule has 0 spiro atoms. The molecule has 0 amide bonds. The number of nitrogens with one attached hydrogen (secondary N) is 1. The number of hydrogen-bond donors (Lipinski definition) is 2. The first-order valence-electron chi connectivity index (χ1n) is 7.79. The smallest absolute Gasteiger partial charge is 0.134 e. The number of nitrogens with zero attached hydrogens (tertiary/aromatic N) is 1. The Labute approximate surface area is 148 Å². The lowest BCUT2D eigenvalue weighted by molar-refractivity contribution is 0.120. The number of phenolic OH excluding ortho intramolecular Hbond substituents is 1. The third-order valence-corrected chi connectivity index (χ3v) is 4.76. The van der Waals surface area contributed by atoms with Crippen LogP contribution in [0.3, 0.4) is 0 Å². The van der Waals surface area contributed by atoms with Crippen molar-refractivity contribution in [1.29, 1.82) is 0 Å². The molecule has 1 saturated carbocycles. The summed E-state index contributed by atoms with van der Waals surface area (Å²) in [6.07, 6.45) is 4.39. The van der Waals surface area contributed by atoms with Crippen LogP contribution in [0.1, 0.15) is 37.3 Å². The lowest BCUT2D eigenvalue weighted by Gasteiger charge is -2.39. The number of rotatable bonds is 3. The predicted molar refractivity (Wildman–Crippen MR) is 91.7 cm³/mol. The average Bonchev–Trinajstić information content (AvgIpc) is 2.97. The van der Waals surface area contributed by atoms with Crippen molar-refractivity contribution >= 4 is 24.8 Å². The van der Waals surface area contributed by atoms with Gasteiger partial charge in [-0.2, -0.15) is 0 Å². The summed E-state index contributed by atoms with van der Waals surface area (Å²) >= 11 is 0. The molecule has 2 fully saturated rings. The van der Waals surface area contributed by atoms with E-state index in [9.17, 15) is 13.9 Å². The second kappa shape index (κ2) is 9.02. The van der Waals surface area contributed by atoms with E-state index in [-0.39, 0.29) is 42.2 Å². The van der Waals surface area contributed by atoms with Crippen molar-refractivity contribution in [3.63, 3.8) is 0 Å². The minimum atomic E-state index is -0.723. The van der Waals surface area contributed by atoms with Gasteiger partial charge in [-0.3, -0.25) is 4.90 Å². The van der Waals surface area contributed by atoms with E-state index in [4.69, 9.17) is 0 Å². The zero-order valence-corrected chi connectivity index (χ0v) is 14.6. The zero-order valence-electron chi connectivity index (χ0n) is 12.9. The topological polar surface area (TPSA) is 35.5 Å².